The minimum atomic E-state index is 0.629. The maximum atomic E-state index is 6.09. The van der Waals surface area contributed by atoms with E-state index in [1.807, 2.05) is 0 Å². The molecule has 6 nitrogen and oxygen atoms in total. The number of ether oxygens (including phenoxy) is 1. The van der Waals surface area contributed by atoms with Gasteiger partial charge in [-0.1, -0.05) is 12.1 Å². The van der Waals surface area contributed by atoms with Gasteiger partial charge < -0.3 is 25.2 Å². The SMILES string of the molecule is CCNC(=NCc1ccc(C)cc1OCC1CC1)NCCN1CCCN(C)CC1. The molecule has 0 bridgehead atoms. The van der Waals surface area contributed by atoms with Gasteiger partial charge in [-0.25, -0.2) is 4.99 Å². The monoisotopic (exact) mass is 401 g/mol. The fourth-order valence-electron chi connectivity index (χ4n) is 3.58. The molecule has 0 spiro atoms. The lowest BCUT2D eigenvalue weighted by Gasteiger charge is -2.21. The zero-order valence-corrected chi connectivity index (χ0v) is 18.5. The van der Waals surface area contributed by atoms with E-state index in [0.717, 1.165) is 62.5 Å². The summed E-state index contributed by atoms with van der Waals surface area (Å²) in [6.07, 6.45) is 3.86. The molecule has 162 valence electrons. The first-order valence-corrected chi connectivity index (χ1v) is 11.3. The van der Waals surface area contributed by atoms with Crippen LogP contribution < -0.4 is 15.4 Å². The molecular formula is C23H39N5O. The number of rotatable bonds is 9. The second-order valence-corrected chi connectivity index (χ2v) is 8.49. The quantitative estimate of drug-likeness (QED) is 0.492. The van der Waals surface area contributed by atoms with Gasteiger partial charge in [0.1, 0.15) is 5.75 Å². The molecule has 1 aliphatic heterocycles. The molecule has 1 saturated carbocycles. The average Bonchev–Trinajstić information content (AvgIpc) is 3.54. The van der Waals surface area contributed by atoms with Crippen LogP contribution in [0.2, 0.25) is 0 Å². The van der Waals surface area contributed by atoms with E-state index in [9.17, 15) is 0 Å². The van der Waals surface area contributed by atoms with Crippen LogP contribution in [0.25, 0.3) is 0 Å². The Hall–Kier alpha value is -1.79. The average molecular weight is 402 g/mol. The molecule has 2 N–H and O–H groups in total. The van der Waals surface area contributed by atoms with E-state index in [1.165, 1.54) is 37.9 Å². The molecule has 6 heteroatoms. The number of nitrogens with one attached hydrogen (secondary N) is 2. The van der Waals surface area contributed by atoms with E-state index >= 15 is 0 Å². The van der Waals surface area contributed by atoms with Gasteiger partial charge in [0.15, 0.2) is 5.96 Å². The third-order valence-electron chi connectivity index (χ3n) is 5.68. The van der Waals surface area contributed by atoms with Crippen molar-refractivity contribution in [3.8, 4) is 5.75 Å². The van der Waals surface area contributed by atoms with Crippen molar-refractivity contribution in [1.82, 2.24) is 20.4 Å². The number of hydrogen-bond acceptors (Lipinski definition) is 4. The molecule has 1 aliphatic carbocycles. The number of likely N-dealkylation sites (N-methyl/N-ethyl adjacent to an activating group) is 1. The summed E-state index contributed by atoms with van der Waals surface area (Å²) in [5.41, 5.74) is 2.39. The minimum Gasteiger partial charge on any atom is -0.493 e. The van der Waals surface area contributed by atoms with Crippen LogP contribution in [-0.2, 0) is 6.54 Å². The van der Waals surface area contributed by atoms with Crippen LogP contribution in [0.15, 0.2) is 23.2 Å². The van der Waals surface area contributed by atoms with E-state index in [-0.39, 0.29) is 0 Å². The van der Waals surface area contributed by atoms with Crippen molar-refractivity contribution in [3.05, 3.63) is 29.3 Å². The summed E-state index contributed by atoms with van der Waals surface area (Å²) in [7, 11) is 2.21. The Bertz CT molecular complexity index is 659. The van der Waals surface area contributed by atoms with Crippen molar-refractivity contribution in [3.63, 3.8) is 0 Å². The van der Waals surface area contributed by atoms with Crippen LogP contribution >= 0.6 is 0 Å². The van der Waals surface area contributed by atoms with Crippen LogP contribution in [0, 0.1) is 12.8 Å². The second kappa shape index (κ2) is 11.4. The Balaban J connectivity index is 1.51. The molecule has 0 amide bonds. The first-order chi connectivity index (χ1) is 14.1. The van der Waals surface area contributed by atoms with E-state index in [4.69, 9.17) is 9.73 Å². The van der Waals surface area contributed by atoms with E-state index < -0.39 is 0 Å². The van der Waals surface area contributed by atoms with Crippen molar-refractivity contribution in [2.24, 2.45) is 10.9 Å². The number of guanidine groups is 1. The Labute approximate surface area is 176 Å². The summed E-state index contributed by atoms with van der Waals surface area (Å²) in [5.74, 6) is 2.63. The van der Waals surface area contributed by atoms with Gasteiger partial charge in [0.2, 0.25) is 0 Å². The van der Waals surface area contributed by atoms with E-state index in [1.54, 1.807) is 0 Å². The lowest BCUT2D eigenvalue weighted by molar-refractivity contribution is 0.280. The zero-order valence-electron chi connectivity index (χ0n) is 18.5. The van der Waals surface area contributed by atoms with Crippen LogP contribution in [-0.4, -0.2) is 75.2 Å². The van der Waals surface area contributed by atoms with Gasteiger partial charge in [0.05, 0.1) is 13.2 Å². The van der Waals surface area contributed by atoms with E-state index in [2.05, 4.69) is 59.5 Å². The van der Waals surface area contributed by atoms with Gasteiger partial charge >= 0.3 is 0 Å². The molecule has 1 saturated heterocycles. The third-order valence-corrected chi connectivity index (χ3v) is 5.68. The highest BCUT2D eigenvalue weighted by Gasteiger charge is 2.22. The molecule has 2 fully saturated rings. The molecule has 2 aliphatic rings. The summed E-state index contributed by atoms with van der Waals surface area (Å²) in [4.78, 5) is 9.78. The van der Waals surface area contributed by atoms with Gasteiger partial charge in [-0.3, -0.25) is 0 Å². The fraction of sp³-hybridized carbons (Fsp3) is 0.696. The molecule has 0 aromatic heterocycles. The zero-order chi connectivity index (χ0) is 20.5. The highest BCUT2D eigenvalue weighted by Crippen LogP contribution is 2.30. The molecule has 29 heavy (non-hydrogen) atoms. The van der Waals surface area contributed by atoms with Crippen LogP contribution in [0.4, 0.5) is 0 Å². The van der Waals surface area contributed by atoms with E-state index in [0.29, 0.717) is 6.54 Å². The van der Waals surface area contributed by atoms with Gasteiger partial charge in [0, 0.05) is 38.3 Å². The molecule has 0 atom stereocenters. The van der Waals surface area contributed by atoms with Crippen LogP contribution in [0.3, 0.4) is 0 Å². The van der Waals surface area contributed by atoms with Crippen molar-refractivity contribution < 1.29 is 4.74 Å². The highest BCUT2D eigenvalue weighted by atomic mass is 16.5. The summed E-state index contributed by atoms with van der Waals surface area (Å²) < 4.78 is 6.09. The summed E-state index contributed by atoms with van der Waals surface area (Å²) in [6, 6.07) is 6.44. The maximum Gasteiger partial charge on any atom is 0.191 e. The van der Waals surface area contributed by atoms with Crippen molar-refractivity contribution in [2.75, 3.05) is 59.5 Å². The topological polar surface area (TPSA) is 52.1 Å². The Morgan fingerprint density at radius 1 is 1.17 bits per heavy atom. The van der Waals surface area contributed by atoms with Gasteiger partial charge in [-0.05, 0) is 70.8 Å². The maximum absolute atomic E-state index is 6.09. The number of nitrogens with zero attached hydrogens (tertiary/aromatic N) is 3. The smallest absolute Gasteiger partial charge is 0.191 e. The largest absolute Gasteiger partial charge is 0.493 e. The Morgan fingerprint density at radius 3 is 2.83 bits per heavy atom. The lowest BCUT2D eigenvalue weighted by Crippen LogP contribution is -2.42. The first-order valence-electron chi connectivity index (χ1n) is 11.3. The summed E-state index contributed by atoms with van der Waals surface area (Å²) in [6.45, 7) is 13.2. The highest BCUT2D eigenvalue weighted by molar-refractivity contribution is 5.79. The number of aliphatic imine (C=N–C) groups is 1. The third kappa shape index (κ3) is 7.86. The fourth-order valence-corrected chi connectivity index (χ4v) is 3.58. The van der Waals surface area contributed by atoms with Gasteiger partial charge in [-0.2, -0.15) is 0 Å². The summed E-state index contributed by atoms with van der Waals surface area (Å²) >= 11 is 0. The van der Waals surface area contributed by atoms with Crippen LogP contribution in [0.5, 0.6) is 5.75 Å². The Kier molecular flexibility index (Phi) is 8.62. The van der Waals surface area contributed by atoms with Gasteiger partial charge in [-0.15, -0.1) is 0 Å². The Morgan fingerprint density at radius 2 is 2.03 bits per heavy atom. The van der Waals surface area contributed by atoms with Crippen molar-refractivity contribution in [1.29, 1.82) is 0 Å². The molecule has 1 aromatic rings. The molecule has 3 rings (SSSR count). The van der Waals surface area contributed by atoms with Crippen LogP contribution in [0.1, 0.15) is 37.3 Å². The normalized spacial score (nSPS) is 19.1. The summed E-state index contributed by atoms with van der Waals surface area (Å²) in [5, 5.41) is 6.88. The number of hydrogen-bond donors (Lipinski definition) is 2. The number of benzene rings is 1. The number of aryl methyl sites for hydroxylation is 1. The molecule has 1 heterocycles. The standard InChI is InChI=1S/C23H39N5O/c1-4-24-23(25-10-13-28-12-5-11-27(3)14-15-28)26-17-21-9-6-19(2)16-22(21)29-18-20-7-8-20/h6,9,16,20H,4-5,7-8,10-15,17-18H2,1-3H3,(H2,24,25,26). The van der Waals surface area contributed by atoms with Gasteiger partial charge in [0.25, 0.3) is 0 Å². The predicted octanol–water partition coefficient (Wildman–Crippen LogP) is 2.48. The molecule has 0 radical (unpaired) electrons. The lowest BCUT2D eigenvalue weighted by atomic mass is 10.1. The molecule has 1 aromatic carbocycles. The predicted molar refractivity (Wildman–Crippen MR) is 121 cm³/mol. The second-order valence-electron chi connectivity index (χ2n) is 8.49. The molecule has 0 unspecified atom stereocenters. The first kappa shape index (κ1) is 21.9. The van der Waals surface area contributed by atoms with Crippen molar-refractivity contribution >= 4 is 5.96 Å². The molecular weight excluding hydrogens is 362 g/mol. The minimum absolute atomic E-state index is 0.629. The van der Waals surface area contributed by atoms with Crippen molar-refractivity contribution in [2.45, 2.75) is 39.7 Å².